The Morgan fingerprint density at radius 2 is 1.64 bits per heavy atom. The van der Waals surface area contributed by atoms with Crippen LogP contribution >= 0.6 is 0 Å². The molecule has 0 saturated heterocycles. The van der Waals surface area contributed by atoms with Crippen LogP contribution in [0.3, 0.4) is 0 Å². The molecular weight excluding hydrogens is 282 g/mol. The second-order valence-corrected chi connectivity index (χ2v) is 4.56. The van der Waals surface area contributed by atoms with Crippen LogP contribution in [0, 0.1) is 0 Å². The van der Waals surface area contributed by atoms with Gasteiger partial charge in [0, 0.05) is 6.54 Å². The molecule has 0 saturated carbocycles. The minimum Gasteiger partial charge on any atom is -0.497 e. The Balaban J connectivity index is 1.76. The van der Waals surface area contributed by atoms with Crippen molar-refractivity contribution in [3.8, 4) is 11.5 Å². The molecule has 0 fully saturated rings. The van der Waals surface area contributed by atoms with Crippen LogP contribution in [0.5, 0.6) is 11.5 Å². The molecule has 0 aliphatic carbocycles. The molecule has 0 aliphatic heterocycles. The van der Waals surface area contributed by atoms with E-state index in [1.54, 1.807) is 37.4 Å². The lowest BCUT2D eigenvalue weighted by Crippen LogP contribution is -2.35. The Bertz CT molecular complexity index is 623. The summed E-state index contributed by atoms with van der Waals surface area (Å²) in [6, 6.07) is 16.0. The van der Waals surface area contributed by atoms with Crippen LogP contribution in [0.4, 0.5) is 0 Å². The van der Waals surface area contributed by atoms with Crippen LogP contribution in [-0.4, -0.2) is 25.5 Å². The fourth-order valence-electron chi connectivity index (χ4n) is 1.83. The lowest BCUT2D eigenvalue weighted by molar-refractivity contribution is -0.148. The number of amides is 1. The minimum atomic E-state index is -0.916. The monoisotopic (exact) mass is 299 g/mol. The fraction of sp³-hybridized carbons (Fsp3) is 0.176. The van der Waals surface area contributed by atoms with Gasteiger partial charge in [0.15, 0.2) is 0 Å². The maximum atomic E-state index is 11.6. The van der Waals surface area contributed by atoms with Gasteiger partial charge in [0.1, 0.15) is 11.5 Å². The van der Waals surface area contributed by atoms with Crippen LogP contribution in [0.25, 0.3) is 0 Å². The smallest absolute Gasteiger partial charge is 0.402 e. The molecule has 0 unspecified atom stereocenters. The van der Waals surface area contributed by atoms with Crippen molar-refractivity contribution in [2.24, 2.45) is 0 Å². The van der Waals surface area contributed by atoms with E-state index in [4.69, 9.17) is 9.47 Å². The van der Waals surface area contributed by atoms with Crippen LogP contribution < -0.4 is 14.8 Å². The van der Waals surface area contributed by atoms with E-state index >= 15 is 0 Å². The fourth-order valence-corrected chi connectivity index (χ4v) is 1.83. The van der Waals surface area contributed by atoms with E-state index < -0.39 is 11.9 Å². The van der Waals surface area contributed by atoms with E-state index in [0.29, 0.717) is 18.7 Å². The largest absolute Gasteiger partial charge is 0.497 e. The molecule has 1 N–H and O–H groups in total. The van der Waals surface area contributed by atoms with E-state index in [-0.39, 0.29) is 0 Å². The third kappa shape index (κ3) is 4.63. The van der Waals surface area contributed by atoms with Gasteiger partial charge in [-0.05, 0) is 36.2 Å². The Morgan fingerprint density at radius 1 is 0.955 bits per heavy atom. The van der Waals surface area contributed by atoms with Gasteiger partial charge in [-0.2, -0.15) is 0 Å². The Kier molecular flexibility index (Phi) is 5.54. The molecule has 0 aromatic heterocycles. The highest BCUT2D eigenvalue weighted by Gasteiger charge is 2.15. The molecule has 0 radical (unpaired) electrons. The van der Waals surface area contributed by atoms with E-state index in [0.717, 1.165) is 11.3 Å². The van der Waals surface area contributed by atoms with Crippen LogP contribution in [0.2, 0.25) is 0 Å². The van der Waals surface area contributed by atoms with Gasteiger partial charge in [-0.15, -0.1) is 0 Å². The third-order valence-corrected chi connectivity index (χ3v) is 3.00. The van der Waals surface area contributed by atoms with Crippen molar-refractivity contribution in [3.63, 3.8) is 0 Å². The van der Waals surface area contributed by atoms with Crippen molar-refractivity contribution >= 4 is 11.9 Å². The van der Waals surface area contributed by atoms with E-state index in [2.05, 4.69) is 5.32 Å². The summed E-state index contributed by atoms with van der Waals surface area (Å²) < 4.78 is 10.0. The van der Waals surface area contributed by atoms with Crippen molar-refractivity contribution in [1.82, 2.24) is 5.32 Å². The van der Waals surface area contributed by atoms with Crippen molar-refractivity contribution in [1.29, 1.82) is 0 Å². The van der Waals surface area contributed by atoms with E-state index in [9.17, 15) is 9.59 Å². The SMILES string of the molecule is COc1ccc(CCNC(=O)C(=O)Oc2ccccc2)cc1. The second kappa shape index (κ2) is 7.83. The molecule has 2 rings (SSSR count). The molecule has 22 heavy (non-hydrogen) atoms. The zero-order chi connectivity index (χ0) is 15.8. The van der Waals surface area contributed by atoms with Gasteiger partial charge in [-0.1, -0.05) is 30.3 Å². The molecule has 0 bridgehead atoms. The predicted molar refractivity (Wildman–Crippen MR) is 81.8 cm³/mol. The predicted octanol–water partition coefficient (Wildman–Crippen LogP) is 1.96. The van der Waals surface area contributed by atoms with Crippen molar-refractivity contribution in [2.45, 2.75) is 6.42 Å². The van der Waals surface area contributed by atoms with Crippen molar-refractivity contribution < 1.29 is 19.1 Å². The number of nitrogens with one attached hydrogen (secondary N) is 1. The van der Waals surface area contributed by atoms with Crippen molar-refractivity contribution in [2.75, 3.05) is 13.7 Å². The average Bonchev–Trinajstić information content (AvgIpc) is 2.56. The maximum absolute atomic E-state index is 11.6. The quantitative estimate of drug-likeness (QED) is 0.521. The van der Waals surface area contributed by atoms with Crippen molar-refractivity contribution in [3.05, 3.63) is 60.2 Å². The van der Waals surface area contributed by atoms with E-state index in [1.165, 1.54) is 0 Å². The Hall–Kier alpha value is -2.82. The number of esters is 1. The first-order valence-electron chi connectivity index (χ1n) is 6.87. The van der Waals surface area contributed by atoms with Gasteiger partial charge in [0.25, 0.3) is 0 Å². The number of rotatable bonds is 5. The summed E-state index contributed by atoms with van der Waals surface area (Å²) in [5.41, 5.74) is 1.04. The molecule has 5 nitrogen and oxygen atoms in total. The second-order valence-electron chi connectivity index (χ2n) is 4.56. The maximum Gasteiger partial charge on any atom is 0.402 e. The van der Waals surface area contributed by atoms with Gasteiger partial charge >= 0.3 is 11.9 Å². The number of carbonyl (C=O) groups excluding carboxylic acids is 2. The standard InChI is InChI=1S/C17H17NO4/c1-21-14-9-7-13(8-10-14)11-12-18-16(19)17(20)22-15-5-3-2-4-6-15/h2-10H,11-12H2,1H3,(H,18,19). The summed E-state index contributed by atoms with van der Waals surface area (Å²) in [6.07, 6.45) is 0.619. The van der Waals surface area contributed by atoms with E-state index in [1.807, 2.05) is 24.3 Å². The summed E-state index contributed by atoms with van der Waals surface area (Å²) in [5.74, 6) is -0.546. The van der Waals surface area contributed by atoms with Crippen LogP contribution in [0.15, 0.2) is 54.6 Å². The summed E-state index contributed by atoms with van der Waals surface area (Å²) >= 11 is 0. The number of hydrogen-bond donors (Lipinski definition) is 1. The molecule has 0 spiro atoms. The van der Waals surface area contributed by atoms with Gasteiger partial charge in [-0.25, -0.2) is 4.79 Å². The lowest BCUT2D eigenvalue weighted by atomic mass is 10.1. The van der Waals surface area contributed by atoms with Crippen LogP contribution in [-0.2, 0) is 16.0 Å². The lowest BCUT2D eigenvalue weighted by Gasteiger charge is -2.06. The number of benzene rings is 2. The van der Waals surface area contributed by atoms with Gasteiger partial charge in [0.2, 0.25) is 0 Å². The molecule has 1 amide bonds. The number of ether oxygens (including phenoxy) is 2. The molecular formula is C17H17NO4. The highest BCUT2D eigenvalue weighted by molar-refractivity contribution is 6.33. The summed E-state index contributed by atoms with van der Waals surface area (Å²) in [7, 11) is 1.60. The topological polar surface area (TPSA) is 64.6 Å². The van der Waals surface area contributed by atoms with Gasteiger partial charge in [0.05, 0.1) is 7.11 Å². The highest BCUT2D eigenvalue weighted by atomic mass is 16.5. The molecule has 114 valence electrons. The molecule has 0 atom stereocenters. The normalized spacial score (nSPS) is 9.86. The number of methoxy groups -OCH3 is 1. The first-order valence-corrected chi connectivity index (χ1v) is 6.87. The summed E-state index contributed by atoms with van der Waals surface area (Å²) in [4.78, 5) is 23.2. The Morgan fingerprint density at radius 3 is 2.27 bits per heavy atom. The van der Waals surface area contributed by atoms with Gasteiger partial charge in [-0.3, -0.25) is 4.79 Å². The number of carbonyl (C=O) groups is 2. The average molecular weight is 299 g/mol. The highest BCUT2D eigenvalue weighted by Crippen LogP contribution is 2.11. The number of hydrogen-bond acceptors (Lipinski definition) is 4. The molecule has 2 aromatic rings. The zero-order valence-corrected chi connectivity index (χ0v) is 12.2. The molecule has 2 aromatic carbocycles. The summed E-state index contributed by atoms with van der Waals surface area (Å²) in [5, 5.41) is 2.54. The third-order valence-electron chi connectivity index (χ3n) is 3.00. The molecule has 5 heteroatoms. The first kappa shape index (κ1) is 15.6. The zero-order valence-electron chi connectivity index (χ0n) is 12.2. The first-order chi connectivity index (χ1) is 10.7. The van der Waals surface area contributed by atoms with Crippen LogP contribution in [0.1, 0.15) is 5.56 Å². The van der Waals surface area contributed by atoms with Gasteiger partial charge < -0.3 is 14.8 Å². The minimum absolute atomic E-state index is 0.345. The number of para-hydroxylation sites is 1. The summed E-state index contributed by atoms with van der Waals surface area (Å²) in [6.45, 7) is 0.356. The Labute approximate surface area is 128 Å². The molecule has 0 aliphatic rings. The molecule has 0 heterocycles.